The van der Waals surface area contributed by atoms with Gasteiger partial charge in [0.2, 0.25) is 5.88 Å². The fraction of sp³-hybridized carbons (Fsp3) is 0.387. The minimum absolute atomic E-state index is 0.115. The Bertz CT molecular complexity index is 1350. The molecule has 1 aromatic heterocycles. The predicted octanol–water partition coefficient (Wildman–Crippen LogP) is 6.98. The number of hydrogen-bond donors (Lipinski definition) is 0. The van der Waals surface area contributed by atoms with E-state index in [4.69, 9.17) is 25.8 Å². The first-order valence-corrected chi connectivity index (χ1v) is 13.6. The molecule has 1 fully saturated rings. The highest BCUT2D eigenvalue weighted by molar-refractivity contribution is 6.33. The molecule has 0 saturated heterocycles. The molecule has 1 saturated carbocycles. The van der Waals surface area contributed by atoms with Gasteiger partial charge in [-0.25, -0.2) is 4.98 Å². The third kappa shape index (κ3) is 5.28. The molecule has 38 heavy (non-hydrogen) atoms. The van der Waals surface area contributed by atoms with E-state index in [-0.39, 0.29) is 23.9 Å². The highest BCUT2D eigenvalue weighted by Gasteiger charge is 2.39. The number of ether oxygens (including phenoxy) is 3. The van der Waals surface area contributed by atoms with Crippen LogP contribution in [0.3, 0.4) is 0 Å². The van der Waals surface area contributed by atoms with Gasteiger partial charge in [0.15, 0.2) is 6.29 Å². The molecule has 0 radical (unpaired) electrons. The highest BCUT2D eigenvalue weighted by atomic mass is 35.5. The number of aldehydes is 1. The number of fused-ring (bicyclic) bond motifs is 1. The van der Waals surface area contributed by atoms with E-state index in [1.54, 1.807) is 12.3 Å². The van der Waals surface area contributed by atoms with E-state index >= 15 is 0 Å². The van der Waals surface area contributed by atoms with Gasteiger partial charge in [-0.15, -0.1) is 0 Å². The van der Waals surface area contributed by atoms with E-state index in [0.29, 0.717) is 34.6 Å². The van der Waals surface area contributed by atoms with Gasteiger partial charge < -0.3 is 14.2 Å². The summed E-state index contributed by atoms with van der Waals surface area (Å²) in [6.45, 7) is 4.32. The molecule has 2 aromatic carbocycles. The van der Waals surface area contributed by atoms with Crippen LogP contribution in [-0.4, -0.2) is 31.0 Å². The zero-order chi connectivity index (χ0) is 26.8. The van der Waals surface area contributed by atoms with Crippen LogP contribution in [0, 0.1) is 11.8 Å². The summed E-state index contributed by atoms with van der Waals surface area (Å²) >= 11 is 6.43. The van der Waals surface area contributed by atoms with Crippen molar-refractivity contribution in [1.29, 1.82) is 0 Å². The van der Waals surface area contributed by atoms with Crippen LogP contribution in [0.5, 0.6) is 11.6 Å². The molecule has 5 rings (SSSR count). The first-order valence-electron chi connectivity index (χ1n) is 13.2. The van der Waals surface area contributed by atoms with Crippen LogP contribution in [0.1, 0.15) is 72.2 Å². The number of hydrogen-bond acceptors (Lipinski definition) is 6. The molecule has 1 unspecified atom stereocenters. The number of aromatic nitrogens is 1. The molecule has 0 bridgehead atoms. The Hall–Kier alpha value is -3.38. The molecule has 1 aliphatic carbocycles. The predicted molar refractivity (Wildman–Crippen MR) is 146 cm³/mol. The van der Waals surface area contributed by atoms with Crippen LogP contribution in [0.2, 0.25) is 5.02 Å². The van der Waals surface area contributed by atoms with Gasteiger partial charge in [0.05, 0.1) is 30.9 Å². The van der Waals surface area contributed by atoms with Crippen molar-refractivity contribution in [2.45, 2.75) is 51.6 Å². The van der Waals surface area contributed by atoms with Gasteiger partial charge in [-0.2, -0.15) is 0 Å². The van der Waals surface area contributed by atoms with Crippen LogP contribution in [-0.2, 0) is 16.0 Å². The Morgan fingerprint density at radius 2 is 1.97 bits per heavy atom. The first kappa shape index (κ1) is 26.2. The molecule has 0 N–H and O–H groups in total. The van der Waals surface area contributed by atoms with E-state index in [1.165, 1.54) is 7.11 Å². The molecular formula is C31H32ClNO5. The number of benzene rings is 2. The number of methoxy groups -OCH3 is 1. The summed E-state index contributed by atoms with van der Waals surface area (Å²) in [4.78, 5) is 28.7. The van der Waals surface area contributed by atoms with E-state index in [9.17, 15) is 9.59 Å². The Balaban J connectivity index is 1.42. The Morgan fingerprint density at radius 3 is 2.68 bits per heavy atom. The number of rotatable bonds is 9. The van der Waals surface area contributed by atoms with E-state index in [1.807, 2.05) is 32.0 Å². The van der Waals surface area contributed by atoms with Crippen molar-refractivity contribution < 1.29 is 23.8 Å². The number of carbonyl (C=O) groups is 2. The lowest BCUT2D eigenvalue weighted by Crippen LogP contribution is -2.23. The molecule has 0 amide bonds. The number of nitrogens with zero attached hydrogens (tertiary/aromatic N) is 1. The van der Waals surface area contributed by atoms with Crippen molar-refractivity contribution in [3.05, 3.63) is 75.9 Å². The standard InChI is InChI=1S/C31H32ClNO5/c1-4-37-29-15-25(26(32)16-33-29)24-11-9-21(13-23(24)17-34)27-12-10-19-5-8-22(14-28(19)38-27)30(20-6-7-20)18(2)31(35)36-3/h5,8-9,11,13-18,20,27,30H,4,6-7,10,12H2,1-3H3/t18-,27?,30-/m0/s1. The smallest absolute Gasteiger partial charge is 0.309 e. The van der Waals surface area contributed by atoms with Crippen molar-refractivity contribution in [3.8, 4) is 22.8 Å². The fourth-order valence-electron chi connectivity index (χ4n) is 5.56. The summed E-state index contributed by atoms with van der Waals surface area (Å²) in [5.41, 5.74) is 5.16. The molecule has 7 heteroatoms. The monoisotopic (exact) mass is 533 g/mol. The lowest BCUT2D eigenvalue weighted by atomic mass is 9.82. The fourth-order valence-corrected chi connectivity index (χ4v) is 5.77. The summed E-state index contributed by atoms with van der Waals surface area (Å²) in [7, 11) is 1.45. The maximum Gasteiger partial charge on any atom is 0.309 e. The number of halogens is 1. The molecular weight excluding hydrogens is 502 g/mol. The quantitative estimate of drug-likeness (QED) is 0.218. The maximum absolute atomic E-state index is 12.3. The van der Waals surface area contributed by atoms with E-state index in [0.717, 1.165) is 60.0 Å². The van der Waals surface area contributed by atoms with E-state index < -0.39 is 0 Å². The van der Waals surface area contributed by atoms with Gasteiger partial charge in [-0.1, -0.05) is 42.8 Å². The normalized spacial score (nSPS) is 18.1. The maximum atomic E-state index is 12.3. The van der Waals surface area contributed by atoms with Crippen molar-refractivity contribution in [3.63, 3.8) is 0 Å². The van der Waals surface area contributed by atoms with Gasteiger partial charge in [0.25, 0.3) is 0 Å². The van der Waals surface area contributed by atoms with Crippen molar-refractivity contribution in [2.24, 2.45) is 11.8 Å². The van der Waals surface area contributed by atoms with Crippen LogP contribution in [0.25, 0.3) is 11.1 Å². The highest BCUT2D eigenvalue weighted by Crippen LogP contribution is 2.48. The van der Waals surface area contributed by atoms with Crippen LogP contribution < -0.4 is 9.47 Å². The molecule has 1 aliphatic heterocycles. The summed E-state index contributed by atoms with van der Waals surface area (Å²) in [5, 5.41) is 0.450. The molecule has 2 aliphatic rings. The molecule has 3 aromatic rings. The molecule has 3 atom stereocenters. The van der Waals surface area contributed by atoms with Gasteiger partial charge in [0.1, 0.15) is 11.9 Å². The molecule has 198 valence electrons. The summed E-state index contributed by atoms with van der Waals surface area (Å²) < 4.78 is 17.1. The van der Waals surface area contributed by atoms with Crippen molar-refractivity contribution in [2.75, 3.05) is 13.7 Å². The second kappa shape index (κ2) is 11.2. The van der Waals surface area contributed by atoms with E-state index in [2.05, 4.69) is 23.2 Å². The summed E-state index contributed by atoms with van der Waals surface area (Å²) in [5.74, 6) is 1.52. The summed E-state index contributed by atoms with van der Waals surface area (Å²) in [6.07, 6.45) is 6.13. The Kier molecular flexibility index (Phi) is 7.70. The minimum Gasteiger partial charge on any atom is -0.485 e. The van der Waals surface area contributed by atoms with Gasteiger partial charge in [0, 0.05) is 17.2 Å². The Labute approximate surface area is 228 Å². The van der Waals surface area contributed by atoms with Crippen LogP contribution >= 0.6 is 11.6 Å². The van der Waals surface area contributed by atoms with Crippen molar-refractivity contribution >= 4 is 23.9 Å². The Morgan fingerprint density at radius 1 is 1.16 bits per heavy atom. The number of esters is 1. The lowest BCUT2D eigenvalue weighted by molar-refractivity contribution is -0.145. The minimum atomic E-state index is -0.212. The second-order valence-corrected chi connectivity index (χ2v) is 10.5. The topological polar surface area (TPSA) is 74.7 Å². The molecule has 6 nitrogen and oxygen atoms in total. The zero-order valence-electron chi connectivity index (χ0n) is 21.9. The summed E-state index contributed by atoms with van der Waals surface area (Å²) in [6, 6.07) is 13.9. The van der Waals surface area contributed by atoms with Gasteiger partial charge >= 0.3 is 5.97 Å². The van der Waals surface area contributed by atoms with Crippen LogP contribution in [0.15, 0.2) is 48.7 Å². The number of aryl methyl sites for hydroxylation is 1. The first-order chi connectivity index (χ1) is 18.4. The average Bonchev–Trinajstić information content (AvgIpc) is 3.78. The van der Waals surface area contributed by atoms with Crippen molar-refractivity contribution in [1.82, 2.24) is 4.98 Å². The van der Waals surface area contributed by atoms with Crippen LogP contribution in [0.4, 0.5) is 0 Å². The second-order valence-electron chi connectivity index (χ2n) is 10.1. The average molecular weight is 534 g/mol. The molecule has 2 heterocycles. The van der Waals surface area contributed by atoms with Gasteiger partial charge in [-0.3, -0.25) is 9.59 Å². The zero-order valence-corrected chi connectivity index (χ0v) is 22.7. The lowest BCUT2D eigenvalue weighted by Gasteiger charge is -2.29. The van der Waals surface area contributed by atoms with Gasteiger partial charge in [-0.05, 0) is 78.8 Å². The third-order valence-electron chi connectivity index (χ3n) is 7.65. The largest absolute Gasteiger partial charge is 0.485 e. The SMILES string of the molecule is CCOc1cc(-c2ccc(C3CCc4ccc([C@H](C5CC5)[C@H](C)C(=O)OC)cc4O3)cc2C=O)c(Cl)cn1. The molecule has 0 spiro atoms. The number of pyridine rings is 1. The third-order valence-corrected chi connectivity index (χ3v) is 7.95. The number of carbonyl (C=O) groups excluding carboxylic acids is 2.